The van der Waals surface area contributed by atoms with E-state index in [2.05, 4.69) is 4.98 Å². The fraction of sp³-hybridized carbons (Fsp3) is 0.115. The third kappa shape index (κ3) is 5.16. The van der Waals surface area contributed by atoms with Crippen LogP contribution in [0.25, 0.3) is 27.8 Å². The van der Waals surface area contributed by atoms with E-state index in [0.29, 0.717) is 5.01 Å². The van der Waals surface area contributed by atoms with Crippen LogP contribution in [0.15, 0.2) is 79.1 Å². The van der Waals surface area contributed by atoms with Crippen molar-refractivity contribution in [2.75, 3.05) is 14.2 Å². The predicted octanol–water partition coefficient (Wildman–Crippen LogP) is 5.17. The van der Waals surface area contributed by atoms with E-state index >= 15 is 0 Å². The van der Waals surface area contributed by atoms with Crippen molar-refractivity contribution in [1.82, 2.24) is 9.97 Å². The Hall–Kier alpha value is -3.81. The molecular formula is C26H23N3O3S. The minimum Gasteiger partial charge on any atom is -0.497 e. The van der Waals surface area contributed by atoms with Gasteiger partial charge in [0.25, 0.3) is 0 Å². The van der Waals surface area contributed by atoms with Gasteiger partial charge >= 0.3 is 0 Å². The number of carbonyl (C=O) groups excluding carboxylic acids is 1. The summed E-state index contributed by atoms with van der Waals surface area (Å²) in [6.45, 7) is 0. The van der Waals surface area contributed by atoms with Crippen molar-refractivity contribution in [3.05, 3.63) is 89.7 Å². The van der Waals surface area contributed by atoms with E-state index in [4.69, 9.17) is 20.2 Å². The predicted molar refractivity (Wildman–Crippen MR) is 131 cm³/mol. The summed E-state index contributed by atoms with van der Waals surface area (Å²) >= 11 is 1.41. The van der Waals surface area contributed by atoms with E-state index in [1.807, 2.05) is 60.7 Å². The minimum absolute atomic E-state index is 0.227. The van der Waals surface area contributed by atoms with Gasteiger partial charge in [0.15, 0.2) is 5.78 Å². The lowest BCUT2D eigenvalue weighted by atomic mass is 10.1. The zero-order valence-corrected chi connectivity index (χ0v) is 19.1. The molecule has 1 unspecified atom stereocenters. The lowest BCUT2D eigenvalue weighted by Crippen LogP contribution is -2.19. The second-order valence-corrected chi connectivity index (χ2v) is 8.22. The van der Waals surface area contributed by atoms with Crippen LogP contribution in [0, 0.1) is 0 Å². The summed E-state index contributed by atoms with van der Waals surface area (Å²) in [6.07, 6.45) is 6.55. The van der Waals surface area contributed by atoms with Crippen molar-refractivity contribution >= 4 is 23.2 Å². The molecule has 0 bridgehead atoms. The molecule has 0 saturated heterocycles. The Morgan fingerprint density at radius 3 is 2.18 bits per heavy atom. The fourth-order valence-corrected chi connectivity index (χ4v) is 4.33. The number of ether oxygens (including phenoxy) is 2. The molecule has 0 aliphatic carbocycles. The number of ketones is 1. The molecule has 0 spiro atoms. The normalized spacial score (nSPS) is 12.0. The van der Waals surface area contributed by atoms with E-state index in [0.717, 1.165) is 38.8 Å². The van der Waals surface area contributed by atoms with Gasteiger partial charge in [-0.15, -0.1) is 11.3 Å². The van der Waals surface area contributed by atoms with Gasteiger partial charge in [0.1, 0.15) is 22.5 Å². The summed E-state index contributed by atoms with van der Waals surface area (Å²) in [5, 5.41) is 0.549. The van der Waals surface area contributed by atoms with E-state index < -0.39 is 6.04 Å². The molecular weight excluding hydrogens is 434 g/mol. The van der Waals surface area contributed by atoms with Gasteiger partial charge in [0.2, 0.25) is 0 Å². The average Bonchev–Trinajstić information content (AvgIpc) is 3.33. The number of pyridine rings is 1. The highest BCUT2D eigenvalue weighted by Crippen LogP contribution is 2.39. The van der Waals surface area contributed by atoms with Crippen LogP contribution >= 0.6 is 11.3 Å². The molecule has 2 heterocycles. The minimum atomic E-state index is -0.869. The molecule has 0 fully saturated rings. The monoisotopic (exact) mass is 457 g/mol. The summed E-state index contributed by atoms with van der Waals surface area (Å²) in [7, 11) is 3.26. The Bertz CT molecular complexity index is 1190. The summed E-state index contributed by atoms with van der Waals surface area (Å²) in [4.78, 5) is 22.5. The van der Waals surface area contributed by atoms with Gasteiger partial charge in [-0.05, 0) is 77.9 Å². The Labute approximate surface area is 196 Å². The smallest absolute Gasteiger partial charge is 0.179 e. The van der Waals surface area contributed by atoms with Crippen LogP contribution in [-0.4, -0.2) is 30.0 Å². The number of benzene rings is 2. The zero-order chi connectivity index (χ0) is 23.2. The van der Waals surface area contributed by atoms with Crippen LogP contribution in [-0.2, 0) is 4.79 Å². The van der Waals surface area contributed by atoms with Crippen molar-refractivity contribution in [3.63, 3.8) is 0 Å². The molecule has 2 aromatic heterocycles. The maximum absolute atomic E-state index is 12.8. The van der Waals surface area contributed by atoms with E-state index in [-0.39, 0.29) is 5.78 Å². The fourth-order valence-electron chi connectivity index (χ4n) is 3.23. The molecule has 2 aromatic carbocycles. The second kappa shape index (κ2) is 10.2. The molecule has 1 atom stereocenters. The van der Waals surface area contributed by atoms with Gasteiger partial charge < -0.3 is 15.2 Å². The average molecular weight is 458 g/mol. The van der Waals surface area contributed by atoms with E-state index in [1.54, 1.807) is 32.7 Å². The summed E-state index contributed by atoms with van der Waals surface area (Å²) < 4.78 is 10.6. The Morgan fingerprint density at radius 2 is 1.61 bits per heavy atom. The first-order valence-corrected chi connectivity index (χ1v) is 11.1. The standard InChI is InChI=1S/C26H23N3O3S/c1-31-20-10-6-18(7-11-20)24-25(19-8-12-21(32-2)13-9-19)33-26(29-24)23(27)22(30)14-5-17-4-3-15-28-16-17/h3-16,23H,27H2,1-2H3. The molecule has 2 N–H and O–H groups in total. The molecule has 4 rings (SSSR count). The Morgan fingerprint density at radius 1 is 0.970 bits per heavy atom. The molecule has 4 aromatic rings. The van der Waals surface area contributed by atoms with Crippen molar-refractivity contribution in [2.45, 2.75) is 6.04 Å². The first-order valence-electron chi connectivity index (χ1n) is 10.3. The number of methoxy groups -OCH3 is 2. The van der Waals surface area contributed by atoms with Crippen LogP contribution in [0.5, 0.6) is 11.5 Å². The molecule has 0 saturated carbocycles. The zero-order valence-electron chi connectivity index (χ0n) is 18.3. The molecule has 0 radical (unpaired) electrons. The van der Waals surface area contributed by atoms with Crippen LogP contribution in [0.3, 0.4) is 0 Å². The molecule has 166 valence electrons. The number of rotatable bonds is 8. The van der Waals surface area contributed by atoms with Gasteiger partial charge in [-0.25, -0.2) is 4.98 Å². The van der Waals surface area contributed by atoms with Gasteiger partial charge in [-0.1, -0.05) is 6.07 Å². The molecule has 6 nitrogen and oxygen atoms in total. The Kier molecular flexibility index (Phi) is 6.92. The quantitative estimate of drug-likeness (QED) is 0.367. The van der Waals surface area contributed by atoms with Crippen molar-refractivity contribution in [2.24, 2.45) is 5.73 Å². The summed E-state index contributed by atoms with van der Waals surface area (Å²) in [5.74, 6) is 1.30. The second-order valence-electron chi connectivity index (χ2n) is 7.19. The Balaban J connectivity index is 1.70. The van der Waals surface area contributed by atoms with Crippen molar-refractivity contribution in [1.29, 1.82) is 0 Å². The lowest BCUT2D eigenvalue weighted by Gasteiger charge is -2.05. The highest BCUT2D eigenvalue weighted by molar-refractivity contribution is 7.16. The number of nitrogens with zero attached hydrogens (tertiary/aromatic N) is 2. The van der Waals surface area contributed by atoms with Crippen molar-refractivity contribution in [3.8, 4) is 33.2 Å². The molecule has 7 heteroatoms. The maximum atomic E-state index is 12.8. The largest absolute Gasteiger partial charge is 0.497 e. The van der Waals surface area contributed by atoms with Crippen molar-refractivity contribution < 1.29 is 14.3 Å². The number of aromatic nitrogens is 2. The number of hydrogen-bond acceptors (Lipinski definition) is 7. The maximum Gasteiger partial charge on any atom is 0.179 e. The van der Waals surface area contributed by atoms with E-state index in [1.165, 1.54) is 17.4 Å². The van der Waals surface area contributed by atoms with Crippen LogP contribution in [0.2, 0.25) is 0 Å². The third-order valence-electron chi connectivity index (χ3n) is 5.06. The van der Waals surface area contributed by atoms with Gasteiger partial charge in [-0.3, -0.25) is 9.78 Å². The number of hydrogen-bond donors (Lipinski definition) is 1. The molecule has 0 amide bonds. The molecule has 0 aliphatic heterocycles. The number of thiazole rings is 1. The highest BCUT2D eigenvalue weighted by atomic mass is 32.1. The van der Waals surface area contributed by atoms with Gasteiger partial charge in [0, 0.05) is 18.0 Å². The SMILES string of the molecule is COc1ccc(-c2nc(C(N)C(=O)C=Cc3cccnc3)sc2-c2ccc(OC)cc2)cc1. The van der Waals surface area contributed by atoms with E-state index in [9.17, 15) is 4.79 Å². The van der Waals surface area contributed by atoms with Crippen LogP contribution < -0.4 is 15.2 Å². The molecule has 0 aliphatic rings. The molecule has 33 heavy (non-hydrogen) atoms. The first kappa shape index (κ1) is 22.4. The summed E-state index contributed by atoms with van der Waals surface area (Å²) in [6, 6.07) is 18.2. The third-order valence-corrected chi connectivity index (χ3v) is 6.24. The topological polar surface area (TPSA) is 87.3 Å². The highest BCUT2D eigenvalue weighted by Gasteiger charge is 2.22. The van der Waals surface area contributed by atoms with Crippen LogP contribution in [0.4, 0.5) is 0 Å². The van der Waals surface area contributed by atoms with Crippen LogP contribution in [0.1, 0.15) is 16.6 Å². The first-order chi connectivity index (χ1) is 16.1. The number of nitrogens with two attached hydrogens (primary N) is 1. The number of carbonyl (C=O) groups is 1. The van der Waals surface area contributed by atoms with Gasteiger partial charge in [0.05, 0.1) is 24.8 Å². The lowest BCUT2D eigenvalue weighted by molar-refractivity contribution is -0.115. The van der Waals surface area contributed by atoms with Gasteiger partial charge in [-0.2, -0.15) is 0 Å². The summed E-state index contributed by atoms with van der Waals surface area (Å²) in [5.41, 5.74) is 9.80.